The van der Waals surface area contributed by atoms with Crippen molar-refractivity contribution < 1.29 is 19.0 Å². The summed E-state index contributed by atoms with van der Waals surface area (Å²) in [5.41, 5.74) is 2.93. The minimum absolute atomic E-state index is 0.137. The van der Waals surface area contributed by atoms with Gasteiger partial charge < -0.3 is 14.7 Å². The van der Waals surface area contributed by atoms with Crippen molar-refractivity contribution in [2.45, 2.75) is 26.2 Å². The Kier molecular flexibility index (Phi) is 6.17. The average Bonchev–Trinajstić information content (AvgIpc) is 3.45. The lowest BCUT2D eigenvalue weighted by Gasteiger charge is -2.16. The highest BCUT2D eigenvalue weighted by Gasteiger charge is 2.29. The molecular weight excluding hydrogens is 465 g/mol. The molecule has 1 saturated heterocycles. The largest absolute Gasteiger partial charge is 0.481 e. The van der Waals surface area contributed by atoms with Gasteiger partial charge in [0, 0.05) is 50.6 Å². The molecule has 2 atom stereocenters. The van der Waals surface area contributed by atoms with Gasteiger partial charge in [-0.3, -0.25) is 19.0 Å². The highest BCUT2D eigenvalue weighted by Crippen LogP contribution is 2.27. The van der Waals surface area contributed by atoms with Crippen molar-refractivity contribution in [3.63, 3.8) is 0 Å². The Morgan fingerprint density at radius 2 is 1.94 bits per heavy atom. The molecule has 0 saturated carbocycles. The second kappa shape index (κ2) is 9.44. The number of benzene rings is 2. The predicted octanol–water partition coefficient (Wildman–Crippen LogP) is 3.45. The van der Waals surface area contributed by atoms with E-state index in [1.54, 1.807) is 37.6 Å². The molecule has 2 aromatic carbocycles. The van der Waals surface area contributed by atoms with E-state index >= 15 is 0 Å². The van der Waals surface area contributed by atoms with Crippen LogP contribution in [-0.4, -0.2) is 49.9 Å². The lowest BCUT2D eigenvalue weighted by molar-refractivity contribution is -0.140. The number of aromatic nitrogens is 4. The number of aliphatic carboxylic acids is 1. The van der Waals surface area contributed by atoms with E-state index in [2.05, 4.69) is 9.97 Å². The minimum atomic E-state index is -1.46. The zero-order valence-electron chi connectivity index (χ0n) is 20.0. The summed E-state index contributed by atoms with van der Waals surface area (Å²) in [6, 6.07) is 12.7. The van der Waals surface area contributed by atoms with Crippen molar-refractivity contribution in [2.75, 3.05) is 18.0 Å². The number of carboxylic acids is 1. The van der Waals surface area contributed by atoms with Gasteiger partial charge in [0.2, 0.25) is 12.3 Å². The number of alkyl halides is 1. The summed E-state index contributed by atoms with van der Waals surface area (Å²) in [5.74, 6) is -0.285. The van der Waals surface area contributed by atoms with Crippen LogP contribution in [-0.2, 0) is 18.4 Å². The molecular formula is C26H26FN5O4. The second-order valence-electron chi connectivity index (χ2n) is 8.93. The molecule has 1 N–H and O–H groups in total. The average molecular weight is 492 g/mol. The Labute approximate surface area is 206 Å². The van der Waals surface area contributed by atoms with Crippen molar-refractivity contribution in [3.05, 3.63) is 70.8 Å². The van der Waals surface area contributed by atoms with Gasteiger partial charge in [-0.25, -0.2) is 14.4 Å². The molecule has 0 bridgehead atoms. The zero-order chi connectivity index (χ0) is 25.4. The molecule has 2 aromatic heterocycles. The lowest BCUT2D eigenvalue weighted by atomic mass is 10.1. The van der Waals surface area contributed by atoms with Gasteiger partial charge in [0.1, 0.15) is 5.75 Å². The Morgan fingerprint density at radius 3 is 2.64 bits per heavy atom. The number of para-hydroxylation sites is 1. The first kappa shape index (κ1) is 23.5. The fourth-order valence-corrected chi connectivity index (χ4v) is 4.61. The van der Waals surface area contributed by atoms with Crippen molar-refractivity contribution >= 4 is 22.8 Å². The van der Waals surface area contributed by atoms with Crippen LogP contribution in [0, 0.1) is 5.92 Å². The number of ether oxygens (including phenoxy) is 1. The molecule has 0 radical (unpaired) electrons. The standard InChI is InChI=1S/C26H26FN5O4/c1-16(27)36-23-6-4-3-5-18(23)15-32-22-11-17(7-8-21(22)24(33)30(32)2)20-12-28-26(29-13-20)31-10-9-19(14-31)25(34)35/h3-8,11-13,16,19H,9-10,14-15H2,1-2H3,(H,34,35)/t16?,19-/m1/s1. The van der Waals surface area contributed by atoms with Crippen LogP contribution in [0.4, 0.5) is 10.3 Å². The van der Waals surface area contributed by atoms with E-state index in [1.165, 1.54) is 11.6 Å². The highest BCUT2D eigenvalue weighted by atomic mass is 19.1. The summed E-state index contributed by atoms with van der Waals surface area (Å²) < 4.78 is 22.2. The number of rotatable bonds is 7. The first-order valence-corrected chi connectivity index (χ1v) is 11.7. The summed E-state index contributed by atoms with van der Waals surface area (Å²) in [7, 11) is 1.70. The molecule has 5 rings (SSSR count). The Bertz CT molecular complexity index is 1480. The molecule has 186 valence electrons. The maximum atomic E-state index is 13.5. The highest BCUT2D eigenvalue weighted by molar-refractivity contribution is 5.84. The van der Waals surface area contributed by atoms with Gasteiger partial charge in [0.05, 0.1) is 23.4 Å². The van der Waals surface area contributed by atoms with Gasteiger partial charge in [-0.15, -0.1) is 0 Å². The van der Waals surface area contributed by atoms with Crippen LogP contribution in [0.5, 0.6) is 5.75 Å². The smallest absolute Gasteiger partial charge is 0.308 e. The van der Waals surface area contributed by atoms with Gasteiger partial charge >= 0.3 is 5.97 Å². The molecule has 1 aliphatic rings. The SMILES string of the molecule is CC(F)Oc1ccccc1Cn1c2cc(-c3cnc(N4CC[C@@H](C(=O)O)C4)nc3)ccc2c(=O)n1C. The van der Waals surface area contributed by atoms with Crippen molar-refractivity contribution in [1.82, 2.24) is 19.3 Å². The van der Waals surface area contributed by atoms with Crippen molar-refractivity contribution in [1.29, 1.82) is 0 Å². The van der Waals surface area contributed by atoms with Crippen LogP contribution in [0.3, 0.4) is 0 Å². The second-order valence-corrected chi connectivity index (χ2v) is 8.93. The van der Waals surface area contributed by atoms with E-state index in [0.29, 0.717) is 43.1 Å². The fourth-order valence-electron chi connectivity index (χ4n) is 4.61. The quantitative estimate of drug-likeness (QED) is 0.422. The number of nitrogens with zero attached hydrogens (tertiary/aromatic N) is 5. The van der Waals surface area contributed by atoms with E-state index < -0.39 is 18.2 Å². The van der Waals surface area contributed by atoms with Crippen LogP contribution in [0.1, 0.15) is 18.9 Å². The monoisotopic (exact) mass is 491 g/mol. The fraction of sp³-hybridized carbons (Fsp3) is 0.308. The number of halogens is 1. The molecule has 9 nitrogen and oxygen atoms in total. The Balaban J connectivity index is 1.47. The summed E-state index contributed by atoms with van der Waals surface area (Å²) in [6.07, 6.45) is 2.52. The summed E-state index contributed by atoms with van der Waals surface area (Å²) >= 11 is 0. The molecule has 1 aliphatic heterocycles. The number of hydrogen-bond acceptors (Lipinski definition) is 6. The summed E-state index contributed by atoms with van der Waals surface area (Å²) in [5, 5.41) is 9.79. The van der Waals surface area contributed by atoms with Gasteiger partial charge in [0.15, 0.2) is 0 Å². The maximum Gasteiger partial charge on any atom is 0.308 e. The molecule has 0 aliphatic carbocycles. The van der Waals surface area contributed by atoms with Crippen molar-refractivity contribution in [3.8, 4) is 16.9 Å². The third kappa shape index (κ3) is 4.41. The normalized spacial score (nSPS) is 16.4. The third-order valence-corrected chi connectivity index (χ3v) is 6.54. The maximum absolute atomic E-state index is 13.5. The molecule has 36 heavy (non-hydrogen) atoms. The molecule has 10 heteroatoms. The van der Waals surface area contributed by atoms with Gasteiger partial charge in [-0.2, -0.15) is 0 Å². The molecule has 0 spiro atoms. The minimum Gasteiger partial charge on any atom is -0.481 e. The van der Waals surface area contributed by atoms with E-state index in [0.717, 1.165) is 22.2 Å². The first-order valence-electron chi connectivity index (χ1n) is 11.7. The van der Waals surface area contributed by atoms with Crippen LogP contribution < -0.4 is 15.2 Å². The van der Waals surface area contributed by atoms with Gasteiger partial charge in [-0.1, -0.05) is 24.3 Å². The third-order valence-electron chi connectivity index (χ3n) is 6.54. The van der Waals surface area contributed by atoms with E-state index in [9.17, 15) is 19.1 Å². The van der Waals surface area contributed by atoms with Crippen molar-refractivity contribution in [2.24, 2.45) is 13.0 Å². The zero-order valence-corrected chi connectivity index (χ0v) is 20.0. The molecule has 3 heterocycles. The Morgan fingerprint density at radius 1 is 1.19 bits per heavy atom. The molecule has 0 amide bonds. The molecule has 1 unspecified atom stereocenters. The van der Waals surface area contributed by atoms with Gasteiger partial charge in [-0.05, 0) is 30.2 Å². The number of hydrogen-bond donors (Lipinski definition) is 1. The van der Waals surface area contributed by atoms with Crippen LogP contribution >= 0.6 is 0 Å². The summed E-state index contributed by atoms with van der Waals surface area (Å²) in [6.45, 7) is 2.64. The first-order chi connectivity index (χ1) is 17.3. The lowest BCUT2D eigenvalue weighted by Crippen LogP contribution is -2.24. The molecule has 4 aromatic rings. The number of fused-ring (bicyclic) bond motifs is 1. The molecule has 1 fully saturated rings. The summed E-state index contributed by atoms with van der Waals surface area (Å²) in [4.78, 5) is 34.9. The Hall–Kier alpha value is -4.21. The number of anilines is 1. The van der Waals surface area contributed by atoms with Crippen LogP contribution in [0.15, 0.2) is 59.7 Å². The van der Waals surface area contributed by atoms with Gasteiger partial charge in [0.25, 0.3) is 5.56 Å². The topological polar surface area (TPSA) is 102 Å². The van der Waals surface area contributed by atoms with E-state index in [1.807, 2.05) is 33.8 Å². The number of carbonyl (C=O) groups is 1. The van der Waals surface area contributed by atoms with Crippen LogP contribution in [0.2, 0.25) is 0 Å². The van der Waals surface area contributed by atoms with Crippen LogP contribution in [0.25, 0.3) is 22.0 Å². The van der Waals surface area contributed by atoms with E-state index in [4.69, 9.17) is 4.74 Å². The van der Waals surface area contributed by atoms with E-state index in [-0.39, 0.29) is 5.56 Å². The number of carboxylic acid groups (broad SMARTS) is 1. The predicted molar refractivity (Wildman–Crippen MR) is 133 cm³/mol.